The summed E-state index contributed by atoms with van der Waals surface area (Å²) in [6, 6.07) is 62.2. The van der Waals surface area contributed by atoms with Crippen LogP contribution in [0.2, 0.25) is 0 Å². The molecule has 0 bridgehead atoms. The molecule has 250 valence electrons. The molecule has 2 aliphatic carbocycles. The van der Waals surface area contributed by atoms with Crippen LogP contribution in [0.1, 0.15) is 25.0 Å². The first kappa shape index (κ1) is 30.3. The molecular weight excluding hydrogens is 661 g/mol. The molecule has 0 saturated heterocycles. The van der Waals surface area contributed by atoms with Crippen LogP contribution in [0.3, 0.4) is 0 Å². The summed E-state index contributed by atoms with van der Waals surface area (Å²) >= 11 is 1.80. The summed E-state index contributed by atoms with van der Waals surface area (Å²) in [6.07, 6.45) is 0. The van der Waals surface area contributed by atoms with Crippen molar-refractivity contribution in [3.8, 4) is 54.5 Å². The molecule has 0 atom stereocenters. The van der Waals surface area contributed by atoms with Gasteiger partial charge in [-0.3, -0.25) is 0 Å². The molecule has 9 aromatic rings. The third-order valence-corrected chi connectivity index (χ3v) is 12.6. The predicted octanol–water partition coefficient (Wildman–Crippen LogP) is 14.2. The number of nitrogens with zero attached hydrogens (tertiary/aromatic N) is 2. The van der Waals surface area contributed by atoms with Crippen LogP contribution in [0.5, 0.6) is 0 Å². The molecule has 53 heavy (non-hydrogen) atoms. The zero-order chi connectivity index (χ0) is 35.3. The lowest BCUT2D eigenvalue weighted by Crippen LogP contribution is -2.16. The van der Waals surface area contributed by atoms with E-state index in [4.69, 9.17) is 4.98 Å². The Hall–Kier alpha value is -6.29. The number of anilines is 3. The third kappa shape index (κ3) is 4.54. The van der Waals surface area contributed by atoms with Crippen LogP contribution in [0.25, 0.3) is 76.1 Å². The number of benzene rings is 8. The zero-order valence-corrected chi connectivity index (χ0v) is 30.3. The maximum Gasteiger partial charge on any atom is 0.124 e. The fraction of sp³-hybridized carbons (Fsp3) is 0.0600. The van der Waals surface area contributed by atoms with E-state index in [2.05, 4.69) is 189 Å². The molecular formula is C50H34N2S. The lowest BCUT2D eigenvalue weighted by Gasteiger charge is -2.28. The molecule has 1 heterocycles. The Labute approximate surface area is 313 Å². The van der Waals surface area contributed by atoms with Crippen molar-refractivity contribution < 1.29 is 0 Å². The van der Waals surface area contributed by atoms with Crippen molar-refractivity contribution in [3.63, 3.8) is 0 Å². The molecule has 11 rings (SSSR count). The molecule has 8 aromatic carbocycles. The van der Waals surface area contributed by atoms with Gasteiger partial charge in [0.25, 0.3) is 0 Å². The van der Waals surface area contributed by atoms with Crippen molar-refractivity contribution in [2.45, 2.75) is 19.3 Å². The zero-order valence-electron chi connectivity index (χ0n) is 29.5. The second-order valence-electron chi connectivity index (χ2n) is 14.8. The van der Waals surface area contributed by atoms with Gasteiger partial charge in [-0.25, -0.2) is 4.98 Å². The highest BCUT2D eigenvalue weighted by Gasteiger charge is 2.36. The van der Waals surface area contributed by atoms with Gasteiger partial charge >= 0.3 is 0 Å². The molecule has 0 N–H and O–H groups in total. The van der Waals surface area contributed by atoms with E-state index in [1.54, 1.807) is 11.3 Å². The average molecular weight is 695 g/mol. The van der Waals surface area contributed by atoms with E-state index < -0.39 is 0 Å². The molecule has 0 aliphatic heterocycles. The molecule has 1 aromatic heterocycles. The van der Waals surface area contributed by atoms with Crippen molar-refractivity contribution in [2.24, 2.45) is 0 Å². The van der Waals surface area contributed by atoms with Gasteiger partial charge in [0, 0.05) is 44.6 Å². The van der Waals surface area contributed by atoms with Crippen molar-refractivity contribution in [1.29, 1.82) is 0 Å². The van der Waals surface area contributed by atoms with E-state index in [9.17, 15) is 0 Å². The highest BCUT2D eigenvalue weighted by atomic mass is 32.1. The Balaban J connectivity index is 1.08. The highest BCUT2D eigenvalue weighted by Crippen LogP contribution is 2.54. The minimum Gasteiger partial charge on any atom is -0.310 e. The van der Waals surface area contributed by atoms with Crippen LogP contribution in [0, 0.1) is 0 Å². The van der Waals surface area contributed by atoms with Crippen LogP contribution in [-0.2, 0) is 5.41 Å². The summed E-state index contributed by atoms with van der Waals surface area (Å²) in [5.74, 6) is 0. The van der Waals surface area contributed by atoms with Gasteiger partial charge < -0.3 is 4.90 Å². The topological polar surface area (TPSA) is 16.1 Å². The number of aromatic nitrogens is 1. The van der Waals surface area contributed by atoms with Gasteiger partial charge in [0.05, 0.1) is 10.6 Å². The molecule has 2 nitrogen and oxygen atoms in total. The minimum atomic E-state index is -0.0965. The Bertz CT molecular complexity index is 2900. The smallest absolute Gasteiger partial charge is 0.124 e. The molecule has 3 heteroatoms. The lowest BCUT2D eigenvalue weighted by molar-refractivity contribution is 0.660. The fourth-order valence-electron chi connectivity index (χ4n) is 8.81. The summed E-state index contributed by atoms with van der Waals surface area (Å²) in [6.45, 7) is 4.71. The van der Waals surface area contributed by atoms with E-state index >= 15 is 0 Å². The first-order valence-corrected chi connectivity index (χ1v) is 19.1. The van der Waals surface area contributed by atoms with E-state index in [-0.39, 0.29) is 5.41 Å². The van der Waals surface area contributed by atoms with Crippen LogP contribution in [0.15, 0.2) is 170 Å². The van der Waals surface area contributed by atoms with Crippen LogP contribution < -0.4 is 4.90 Å². The minimum absolute atomic E-state index is 0.0965. The Morgan fingerprint density at radius 3 is 1.92 bits per heavy atom. The Morgan fingerprint density at radius 2 is 1.11 bits per heavy atom. The summed E-state index contributed by atoms with van der Waals surface area (Å²) in [5.41, 5.74) is 16.0. The molecule has 0 saturated carbocycles. The fourth-order valence-corrected chi connectivity index (χ4v) is 9.93. The molecule has 0 amide bonds. The van der Waals surface area contributed by atoms with Gasteiger partial charge in [-0.1, -0.05) is 141 Å². The Morgan fingerprint density at radius 1 is 0.472 bits per heavy atom. The van der Waals surface area contributed by atoms with Gasteiger partial charge in [0.2, 0.25) is 0 Å². The normalized spacial score (nSPS) is 13.2. The van der Waals surface area contributed by atoms with E-state index in [1.807, 2.05) is 0 Å². The molecule has 0 unspecified atom stereocenters. The summed E-state index contributed by atoms with van der Waals surface area (Å²) < 4.78 is 0. The van der Waals surface area contributed by atoms with Crippen molar-refractivity contribution in [1.82, 2.24) is 4.98 Å². The van der Waals surface area contributed by atoms with Crippen LogP contribution >= 0.6 is 11.3 Å². The maximum atomic E-state index is 5.23. The average Bonchev–Trinajstić information content (AvgIpc) is 3.85. The van der Waals surface area contributed by atoms with Crippen molar-refractivity contribution in [3.05, 3.63) is 181 Å². The third-order valence-electron chi connectivity index (χ3n) is 11.4. The van der Waals surface area contributed by atoms with E-state index in [1.165, 1.54) is 76.5 Å². The largest absolute Gasteiger partial charge is 0.310 e. The summed E-state index contributed by atoms with van der Waals surface area (Å²) in [4.78, 5) is 8.92. The second kappa shape index (κ2) is 11.4. The lowest BCUT2D eigenvalue weighted by atomic mass is 9.82. The summed E-state index contributed by atoms with van der Waals surface area (Å²) in [5, 5.41) is 6.12. The van der Waals surface area contributed by atoms with Crippen LogP contribution in [0.4, 0.5) is 17.1 Å². The molecule has 0 fully saturated rings. The standard InChI is InChI=1S/C50H34N2S/c1-50(2)44-19-10-9-16-38(44)39-27-26-37(30-45(39)50)52(35-23-20-32(21-24-35)31-12-5-3-6-13-31)36-25-22-34-28-43-46-40(42(34)29-36)17-11-18-41(46)48-47(43)51-49(53-48)33-14-7-4-8-15-33/h3-30H,1-2H3. The van der Waals surface area contributed by atoms with Gasteiger partial charge in [0.1, 0.15) is 5.01 Å². The quantitative estimate of drug-likeness (QED) is 0.167. The number of thiazole rings is 1. The Kier molecular flexibility index (Phi) is 6.50. The molecule has 0 spiro atoms. The monoisotopic (exact) mass is 694 g/mol. The van der Waals surface area contributed by atoms with Crippen molar-refractivity contribution >= 4 is 49.9 Å². The predicted molar refractivity (Wildman–Crippen MR) is 225 cm³/mol. The van der Waals surface area contributed by atoms with Gasteiger partial charge in [-0.15, -0.1) is 11.3 Å². The highest BCUT2D eigenvalue weighted by molar-refractivity contribution is 7.19. The van der Waals surface area contributed by atoms with Crippen molar-refractivity contribution in [2.75, 3.05) is 4.90 Å². The first-order chi connectivity index (χ1) is 26.0. The van der Waals surface area contributed by atoms with Gasteiger partial charge in [0.15, 0.2) is 0 Å². The number of fused-ring (bicyclic) bond motifs is 8. The van der Waals surface area contributed by atoms with E-state index in [0.29, 0.717) is 0 Å². The number of hydrogen-bond donors (Lipinski definition) is 0. The SMILES string of the molecule is CC1(C)c2ccccc2-c2ccc(N(c3ccc(-c4ccccc4)cc3)c3ccc4cc5c6c(cccc6c4c3)-c3sc(-c4ccccc4)nc3-5)cc21. The van der Waals surface area contributed by atoms with E-state index in [0.717, 1.165) is 27.8 Å². The summed E-state index contributed by atoms with van der Waals surface area (Å²) in [7, 11) is 0. The number of hydrogen-bond acceptors (Lipinski definition) is 3. The molecule has 0 radical (unpaired) electrons. The first-order valence-electron chi connectivity index (χ1n) is 18.3. The second-order valence-corrected chi connectivity index (χ2v) is 15.8. The number of rotatable bonds is 5. The maximum absolute atomic E-state index is 5.23. The van der Waals surface area contributed by atoms with Gasteiger partial charge in [-0.2, -0.15) is 0 Å². The van der Waals surface area contributed by atoms with Crippen LogP contribution in [-0.4, -0.2) is 4.98 Å². The van der Waals surface area contributed by atoms with Gasteiger partial charge in [-0.05, 0) is 92.0 Å². The molecule has 2 aliphatic rings.